The summed E-state index contributed by atoms with van der Waals surface area (Å²) in [7, 11) is 10.2. The Morgan fingerprint density at radius 2 is 1.05 bits per heavy atom. The molecule has 4 nitrogen and oxygen atoms in total. The quantitative estimate of drug-likeness (QED) is 0.407. The van der Waals surface area contributed by atoms with Crippen LogP contribution in [-0.4, -0.2) is 73.9 Å². The summed E-state index contributed by atoms with van der Waals surface area (Å²) in [5, 5.41) is 0. The van der Waals surface area contributed by atoms with Crippen molar-refractivity contribution in [1.29, 1.82) is 0 Å². The molecule has 0 N–H and O–H groups in total. The first-order chi connectivity index (χ1) is 8.95. The van der Waals surface area contributed by atoms with Crippen molar-refractivity contribution in [3.8, 4) is 0 Å². The van der Waals surface area contributed by atoms with Crippen LogP contribution in [0.1, 0.15) is 25.7 Å². The van der Waals surface area contributed by atoms with E-state index in [0.717, 1.165) is 25.2 Å². The zero-order chi connectivity index (χ0) is 14.7. The molecule has 0 aliphatic heterocycles. The molecule has 0 radical (unpaired) electrons. The van der Waals surface area contributed by atoms with Crippen LogP contribution in [0, 0.1) is 0 Å². The number of nitrogens with zero attached hydrogens (tertiary/aromatic N) is 2. The van der Waals surface area contributed by atoms with Gasteiger partial charge in [0.15, 0.2) is 0 Å². The van der Waals surface area contributed by atoms with E-state index in [1.54, 1.807) is 0 Å². The Hall–Kier alpha value is 0.0569. The normalized spacial score (nSPS) is 12.6. The van der Waals surface area contributed by atoms with E-state index in [1.165, 1.54) is 25.7 Å². The van der Waals surface area contributed by atoms with Gasteiger partial charge in [-0.2, -0.15) is 0 Å². The molecular weight excluding hydrogens is 256 g/mol. The highest BCUT2D eigenvalue weighted by Crippen LogP contribution is 2.23. The van der Waals surface area contributed by atoms with Gasteiger partial charge in [0.2, 0.25) is 0 Å². The van der Waals surface area contributed by atoms with Crippen LogP contribution >= 0.6 is 0 Å². The summed E-state index contributed by atoms with van der Waals surface area (Å²) in [6.07, 6.45) is 4.87. The summed E-state index contributed by atoms with van der Waals surface area (Å²) in [5.74, 6) is 0. The van der Waals surface area contributed by atoms with Crippen molar-refractivity contribution in [1.82, 2.24) is 9.80 Å². The summed E-state index contributed by atoms with van der Waals surface area (Å²) in [4.78, 5) is 4.47. The molecule has 116 valence electrons. The zero-order valence-corrected chi connectivity index (χ0v) is 14.9. The van der Waals surface area contributed by atoms with Gasteiger partial charge >= 0.3 is 8.56 Å². The fourth-order valence-electron chi connectivity index (χ4n) is 2.26. The van der Waals surface area contributed by atoms with Crippen molar-refractivity contribution >= 4 is 8.56 Å². The first kappa shape index (κ1) is 19.1. The second kappa shape index (κ2) is 10.8. The molecule has 0 saturated heterocycles. The van der Waals surface area contributed by atoms with Crippen LogP contribution in [-0.2, 0) is 8.85 Å². The van der Waals surface area contributed by atoms with E-state index < -0.39 is 8.56 Å². The van der Waals surface area contributed by atoms with Crippen molar-refractivity contribution in [2.24, 2.45) is 0 Å². The third-order valence-corrected chi connectivity index (χ3v) is 7.29. The maximum Gasteiger partial charge on any atom is 0.337 e. The highest BCUT2D eigenvalue weighted by atomic mass is 28.4. The van der Waals surface area contributed by atoms with Crippen molar-refractivity contribution in [2.75, 3.05) is 55.5 Å². The van der Waals surface area contributed by atoms with Crippen LogP contribution in [0.15, 0.2) is 0 Å². The van der Waals surface area contributed by atoms with Crippen molar-refractivity contribution in [3.63, 3.8) is 0 Å². The number of rotatable bonds is 12. The minimum Gasteiger partial charge on any atom is -0.398 e. The van der Waals surface area contributed by atoms with Crippen molar-refractivity contribution in [2.45, 2.75) is 37.8 Å². The lowest BCUT2D eigenvalue weighted by Crippen LogP contribution is -2.40. The molecule has 0 atom stereocenters. The van der Waals surface area contributed by atoms with Crippen LogP contribution in [0.2, 0.25) is 12.1 Å². The molecule has 0 bridgehead atoms. The van der Waals surface area contributed by atoms with Crippen LogP contribution in [0.4, 0.5) is 0 Å². The van der Waals surface area contributed by atoms with Gasteiger partial charge in [-0.3, -0.25) is 0 Å². The summed E-state index contributed by atoms with van der Waals surface area (Å²) in [6, 6.07) is 2.24. The van der Waals surface area contributed by atoms with Crippen LogP contribution in [0.5, 0.6) is 0 Å². The maximum absolute atomic E-state index is 5.79. The molecular formula is C14H34N2O2Si. The molecule has 19 heavy (non-hydrogen) atoms. The van der Waals surface area contributed by atoms with Gasteiger partial charge in [0, 0.05) is 14.2 Å². The summed E-state index contributed by atoms with van der Waals surface area (Å²) in [6.45, 7) is 2.30. The zero-order valence-electron chi connectivity index (χ0n) is 13.9. The highest BCUT2D eigenvalue weighted by Gasteiger charge is 2.33. The molecule has 0 spiro atoms. The van der Waals surface area contributed by atoms with Crippen molar-refractivity contribution in [3.05, 3.63) is 0 Å². The predicted octanol–water partition coefficient (Wildman–Crippen LogP) is 2.41. The van der Waals surface area contributed by atoms with Crippen LogP contribution in [0.3, 0.4) is 0 Å². The molecule has 0 unspecified atom stereocenters. The summed E-state index contributed by atoms with van der Waals surface area (Å²) < 4.78 is 11.6. The average Bonchev–Trinajstić information content (AvgIpc) is 2.37. The SMILES string of the molecule is CO[Si](CCCCN(C)C)(CCCCN(C)C)OC. The standard InChI is InChI=1S/C14H34N2O2Si/c1-15(2)11-7-9-13-19(17-5,18-6)14-10-8-12-16(3)4/h7-14H2,1-6H3. The third kappa shape index (κ3) is 9.57. The summed E-state index contributed by atoms with van der Waals surface area (Å²) in [5.41, 5.74) is 0. The molecule has 0 fully saturated rings. The fourth-order valence-corrected chi connectivity index (χ4v) is 5.07. The van der Waals surface area contributed by atoms with E-state index in [2.05, 4.69) is 38.0 Å². The smallest absolute Gasteiger partial charge is 0.337 e. The molecule has 0 amide bonds. The molecule has 0 aliphatic rings. The van der Waals surface area contributed by atoms with E-state index in [4.69, 9.17) is 8.85 Å². The van der Waals surface area contributed by atoms with Gasteiger partial charge < -0.3 is 18.7 Å². The minimum absolute atomic E-state index is 1.12. The Morgan fingerprint density at radius 1 is 0.684 bits per heavy atom. The summed E-state index contributed by atoms with van der Waals surface area (Å²) >= 11 is 0. The number of hydrogen-bond donors (Lipinski definition) is 0. The van der Waals surface area contributed by atoms with Gasteiger partial charge in [-0.25, -0.2) is 0 Å². The Labute approximate surface area is 121 Å². The van der Waals surface area contributed by atoms with Gasteiger partial charge in [-0.05, 0) is 66.2 Å². The Bertz CT molecular complexity index is 192. The van der Waals surface area contributed by atoms with Gasteiger partial charge in [0.1, 0.15) is 0 Å². The lowest BCUT2D eigenvalue weighted by atomic mass is 10.3. The number of unbranched alkanes of at least 4 members (excludes halogenated alkanes) is 2. The van der Waals surface area contributed by atoms with E-state index in [9.17, 15) is 0 Å². The van der Waals surface area contributed by atoms with Gasteiger partial charge in [-0.15, -0.1) is 0 Å². The largest absolute Gasteiger partial charge is 0.398 e. The number of hydrogen-bond acceptors (Lipinski definition) is 4. The molecule has 0 saturated carbocycles. The lowest BCUT2D eigenvalue weighted by Gasteiger charge is -2.28. The molecule has 0 aromatic carbocycles. The second-order valence-electron chi connectivity index (χ2n) is 5.84. The molecule has 5 heteroatoms. The fraction of sp³-hybridized carbons (Fsp3) is 1.00. The molecule has 0 aromatic heterocycles. The molecule has 0 aromatic rings. The molecule has 0 rings (SSSR count). The predicted molar refractivity (Wildman–Crippen MR) is 85.0 cm³/mol. The average molecular weight is 291 g/mol. The maximum atomic E-state index is 5.79. The topological polar surface area (TPSA) is 24.9 Å². The minimum atomic E-state index is -1.92. The highest BCUT2D eigenvalue weighted by molar-refractivity contribution is 6.67. The molecule has 0 aliphatic carbocycles. The Morgan fingerprint density at radius 3 is 1.32 bits per heavy atom. The monoisotopic (exact) mass is 290 g/mol. The van der Waals surface area contributed by atoms with E-state index in [0.29, 0.717) is 0 Å². The van der Waals surface area contributed by atoms with E-state index in [-0.39, 0.29) is 0 Å². The Balaban J connectivity index is 3.96. The Kier molecular flexibility index (Phi) is 10.8. The van der Waals surface area contributed by atoms with Gasteiger partial charge in [0.05, 0.1) is 0 Å². The lowest BCUT2D eigenvalue weighted by molar-refractivity contribution is 0.237. The second-order valence-corrected chi connectivity index (χ2v) is 9.48. The van der Waals surface area contributed by atoms with E-state index >= 15 is 0 Å². The third-order valence-electron chi connectivity index (χ3n) is 3.57. The van der Waals surface area contributed by atoms with Gasteiger partial charge in [-0.1, -0.05) is 12.8 Å². The van der Waals surface area contributed by atoms with Gasteiger partial charge in [0.25, 0.3) is 0 Å². The first-order valence-electron chi connectivity index (χ1n) is 7.35. The first-order valence-corrected chi connectivity index (χ1v) is 9.58. The molecule has 0 heterocycles. The van der Waals surface area contributed by atoms with E-state index in [1.807, 2.05) is 14.2 Å². The van der Waals surface area contributed by atoms with Crippen LogP contribution < -0.4 is 0 Å². The van der Waals surface area contributed by atoms with Crippen molar-refractivity contribution < 1.29 is 8.85 Å². The van der Waals surface area contributed by atoms with Crippen LogP contribution in [0.25, 0.3) is 0 Å².